The molecule has 2 rings (SSSR count). The molecule has 0 aromatic carbocycles. The van der Waals surface area contributed by atoms with Crippen molar-refractivity contribution < 1.29 is 9.90 Å². The lowest BCUT2D eigenvalue weighted by Crippen LogP contribution is -2.40. The predicted octanol–water partition coefficient (Wildman–Crippen LogP) is 0.783. The van der Waals surface area contributed by atoms with Crippen LogP contribution in [0.5, 0.6) is 0 Å². The highest BCUT2D eigenvalue weighted by Gasteiger charge is 2.42. The van der Waals surface area contributed by atoms with E-state index in [4.69, 9.17) is 10.8 Å². The van der Waals surface area contributed by atoms with E-state index in [0.29, 0.717) is 0 Å². The Kier molecular flexibility index (Phi) is 4.05. The van der Waals surface area contributed by atoms with Gasteiger partial charge in [0.2, 0.25) is 5.91 Å². The predicted molar refractivity (Wildman–Crippen MR) is 66.3 cm³/mol. The van der Waals surface area contributed by atoms with Crippen LogP contribution in [0.4, 0.5) is 0 Å². The number of nitrogens with one attached hydrogen (secondary N) is 1. The average molecular weight is 240 g/mol. The van der Waals surface area contributed by atoms with Crippen LogP contribution in [0.3, 0.4) is 0 Å². The highest BCUT2D eigenvalue weighted by Crippen LogP contribution is 2.47. The lowest BCUT2D eigenvalue weighted by Gasteiger charge is -2.26. The first-order valence-corrected chi connectivity index (χ1v) is 6.79. The van der Waals surface area contributed by atoms with Gasteiger partial charge in [-0.2, -0.15) is 0 Å². The van der Waals surface area contributed by atoms with E-state index >= 15 is 0 Å². The van der Waals surface area contributed by atoms with Gasteiger partial charge < -0.3 is 16.2 Å². The fourth-order valence-corrected chi connectivity index (χ4v) is 2.81. The summed E-state index contributed by atoms with van der Waals surface area (Å²) in [7, 11) is 0. The van der Waals surface area contributed by atoms with Crippen LogP contribution in [-0.4, -0.2) is 30.2 Å². The van der Waals surface area contributed by atoms with E-state index in [1.165, 1.54) is 0 Å². The molecule has 0 radical (unpaired) electrons. The Morgan fingerprint density at radius 1 is 1.41 bits per heavy atom. The van der Waals surface area contributed by atoms with Gasteiger partial charge in [-0.05, 0) is 43.9 Å². The van der Waals surface area contributed by atoms with Gasteiger partial charge in [-0.3, -0.25) is 4.79 Å². The molecule has 2 aliphatic rings. The monoisotopic (exact) mass is 240 g/mol. The van der Waals surface area contributed by atoms with Gasteiger partial charge >= 0.3 is 0 Å². The Hall–Kier alpha value is -0.610. The molecule has 2 atom stereocenters. The minimum atomic E-state index is 0.115. The fraction of sp³-hybridized carbons (Fsp3) is 0.923. The van der Waals surface area contributed by atoms with Gasteiger partial charge in [0.05, 0.1) is 0 Å². The summed E-state index contributed by atoms with van der Waals surface area (Å²) in [4.78, 5) is 12.0. The summed E-state index contributed by atoms with van der Waals surface area (Å²) in [6, 6.07) is 0.201. The quantitative estimate of drug-likeness (QED) is 0.665. The number of amides is 1. The summed E-state index contributed by atoms with van der Waals surface area (Å²) in [6.07, 6.45) is 7.03. The molecule has 1 amide bonds. The maximum Gasteiger partial charge on any atom is 0.223 e. The summed E-state index contributed by atoms with van der Waals surface area (Å²) in [5, 5.41) is 12.0. The van der Waals surface area contributed by atoms with Crippen molar-refractivity contribution in [3.8, 4) is 0 Å². The maximum absolute atomic E-state index is 12.0. The van der Waals surface area contributed by atoms with E-state index in [2.05, 4.69) is 5.32 Å². The Morgan fingerprint density at radius 3 is 2.76 bits per heavy atom. The average Bonchev–Trinajstić information content (AvgIpc) is 3.07. The van der Waals surface area contributed by atoms with Crippen molar-refractivity contribution in [3.63, 3.8) is 0 Å². The molecule has 17 heavy (non-hydrogen) atoms. The minimum absolute atomic E-state index is 0.115. The molecule has 0 aromatic heterocycles. The second-order valence-corrected chi connectivity index (χ2v) is 5.82. The molecule has 0 aliphatic heterocycles. The molecule has 98 valence electrons. The first-order chi connectivity index (χ1) is 8.15. The van der Waals surface area contributed by atoms with Crippen LogP contribution in [0.2, 0.25) is 0 Å². The van der Waals surface area contributed by atoms with Crippen LogP contribution in [-0.2, 0) is 4.79 Å². The zero-order valence-electron chi connectivity index (χ0n) is 10.5. The van der Waals surface area contributed by atoms with E-state index in [-0.39, 0.29) is 29.9 Å². The van der Waals surface area contributed by atoms with Crippen LogP contribution < -0.4 is 11.1 Å². The first-order valence-electron chi connectivity index (χ1n) is 6.79. The lowest BCUT2D eigenvalue weighted by molar-refractivity contribution is -0.126. The number of carbonyl (C=O) groups is 1. The number of aliphatic hydroxyl groups is 1. The van der Waals surface area contributed by atoms with Crippen molar-refractivity contribution in [1.29, 1.82) is 0 Å². The summed E-state index contributed by atoms with van der Waals surface area (Å²) in [6.45, 7) is 0.961. The molecule has 2 aliphatic carbocycles. The number of hydrogen-bond acceptors (Lipinski definition) is 3. The lowest BCUT2D eigenvalue weighted by atomic mass is 9.85. The first kappa shape index (κ1) is 12.8. The van der Waals surface area contributed by atoms with Crippen molar-refractivity contribution >= 4 is 5.91 Å². The van der Waals surface area contributed by atoms with Crippen molar-refractivity contribution in [2.75, 3.05) is 13.2 Å². The van der Waals surface area contributed by atoms with Gasteiger partial charge in [0, 0.05) is 25.1 Å². The third kappa shape index (κ3) is 3.42. The van der Waals surface area contributed by atoms with Gasteiger partial charge in [0.1, 0.15) is 0 Å². The van der Waals surface area contributed by atoms with E-state index in [1.807, 2.05) is 0 Å². The van der Waals surface area contributed by atoms with Crippen LogP contribution >= 0.6 is 0 Å². The fourth-order valence-electron chi connectivity index (χ4n) is 2.81. The molecule has 0 saturated heterocycles. The van der Waals surface area contributed by atoms with Gasteiger partial charge in [0.25, 0.3) is 0 Å². The number of nitrogens with two attached hydrogens (primary N) is 1. The van der Waals surface area contributed by atoms with Crippen LogP contribution in [0.15, 0.2) is 0 Å². The second kappa shape index (κ2) is 5.36. The Labute approximate surface area is 103 Å². The third-order valence-corrected chi connectivity index (χ3v) is 4.32. The largest absolute Gasteiger partial charge is 0.396 e. The Balaban J connectivity index is 1.73. The molecular weight excluding hydrogens is 216 g/mol. The van der Waals surface area contributed by atoms with Crippen LogP contribution in [0.1, 0.15) is 44.9 Å². The molecule has 0 spiro atoms. The van der Waals surface area contributed by atoms with Crippen molar-refractivity contribution in [1.82, 2.24) is 5.32 Å². The van der Waals surface area contributed by atoms with E-state index in [1.54, 1.807) is 0 Å². The number of hydrogen-bond donors (Lipinski definition) is 3. The molecule has 4 nitrogen and oxygen atoms in total. The third-order valence-electron chi connectivity index (χ3n) is 4.32. The zero-order chi connectivity index (χ0) is 12.3. The SMILES string of the molecule is NC1CCCC(C(=O)NCC2(CCO)CC2)C1. The van der Waals surface area contributed by atoms with Gasteiger partial charge in [0.15, 0.2) is 0 Å². The molecule has 2 saturated carbocycles. The Morgan fingerprint density at radius 2 is 2.18 bits per heavy atom. The van der Waals surface area contributed by atoms with Crippen molar-refractivity contribution in [3.05, 3.63) is 0 Å². The summed E-state index contributed by atoms with van der Waals surface area (Å²) in [5.74, 6) is 0.285. The van der Waals surface area contributed by atoms with E-state index < -0.39 is 0 Å². The highest BCUT2D eigenvalue weighted by atomic mass is 16.3. The summed E-state index contributed by atoms with van der Waals surface area (Å²) >= 11 is 0. The zero-order valence-corrected chi connectivity index (χ0v) is 10.5. The number of carbonyl (C=O) groups excluding carboxylic acids is 1. The molecule has 0 aromatic rings. The normalized spacial score (nSPS) is 30.9. The molecule has 0 bridgehead atoms. The topological polar surface area (TPSA) is 75.4 Å². The highest BCUT2D eigenvalue weighted by molar-refractivity contribution is 5.78. The van der Waals surface area contributed by atoms with Gasteiger partial charge in [-0.1, -0.05) is 6.42 Å². The smallest absolute Gasteiger partial charge is 0.223 e. The van der Waals surface area contributed by atoms with Crippen molar-refractivity contribution in [2.45, 2.75) is 51.0 Å². The number of aliphatic hydroxyl groups excluding tert-OH is 1. The molecule has 4 heteroatoms. The maximum atomic E-state index is 12.0. The van der Waals surface area contributed by atoms with Crippen molar-refractivity contribution in [2.24, 2.45) is 17.1 Å². The number of rotatable bonds is 5. The van der Waals surface area contributed by atoms with Gasteiger partial charge in [-0.25, -0.2) is 0 Å². The minimum Gasteiger partial charge on any atom is -0.396 e. The standard InChI is InChI=1S/C13H24N2O2/c14-11-3-1-2-10(8-11)12(17)15-9-13(4-5-13)6-7-16/h10-11,16H,1-9,14H2,(H,15,17). The Bertz CT molecular complexity index is 277. The molecule has 0 heterocycles. The van der Waals surface area contributed by atoms with Gasteiger partial charge in [-0.15, -0.1) is 0 Å². The second-order valence-electron chi connectivity index (χ2n) is 5.82. The van der Waals surface area contributed by atoms with Crippen LogP contribution in [0, 0.1) is 11.3 Å². The molecule has 2 unspecified atom stereocenters. The van der Waals surface area contributed by atoms with E-state index in [0.717, 1.165) is 51.5 Å². The summed E-state index contributed by atoms with van der Waals surface area (Å²) < 4.78 is 0. The molecular formula is C13H24N2O2. The molecule has 4 N–H and O–H groups in total. The van der Waals surface area contributed by atoms with Crippen LogP contribution in [0.25, 0.3) is 0 Å². The molecule has 2 fully saturated rings. The summed E-state index contributed by atoms with van der Waals surface area (Å²) in [5.41, 5.74) is 6.10. The van der Waals surface area contributed by atoms with E-state index in [9.17, 15) is 4.79 Å².